The van der Waals surface area contributed by atoms with Crippen LogP contribution in [0.5, 0.6) is 0 Å². The molecule has 0 saturated carbocycles. The SMILES string of the molecule is CN(Cc1cccc2c1C(=O)N(C1CCC(=O)NC1=O)C2=O)C(CN)c1ccccc1. The van der Waals surface area contributed by atoms with Gasteiger partial charge < -0.3 is 5.73 Å². The number of nitrogens with one attached hydrogen (secondary N) is 1. The van der Waals surface area contributed by atoms with E-state index in [-0.39, 0.29) is 24.4 Å². The first kappa shape index (κ1) is 20.9. The molecule has 4 amide bonds. The summed E-state index contributed by atoms with van der Waals surface area (Å²) in [6.07, 6.45) is 0.225. The van der Waals surface area contributed by atoms with Crippen LogP contribution in [0.3, 0.4) is 0 Å². The summed E-state index contributed by atoms with van der Waals surface area (Å²) in [4.78, 5) is 53.0. The highest BCUT2D eigenvalue weighted by atomic mass is 16.2. The van der Waals surface area contributed by atoms with E-state index in [1.54, 1.807) is 12.1 Å². The first-order chi connectivity index (χ1) is 14.9. The van der Waals surface area contributed by atoms with Gasteiger partial charge in [0.15, 0.2) is 0 Å². The fourth-order valence-electron chi connectivity index (χ4n) is 4.34. The molecule has 160 valence electrons. The zero-order valence-electron chi connectivity index (χ0n) is 17.2. The average molecular weight is 420 g/mol. The zero-order valence-corrected chi connectivity index (χ0v) is 17.2. The molecule has 8 heteroatoms. The van der Waals surface area contributed by atoms with E-state index in [4.69, 9.17) is 5.73 Å². The molecular weight excluding hydrogens is 396 g/mol. The minimum Gasteiger partial charge on any atom is -0.329 e. The van der Waals surface area contributed by atoms with Crippen LogP contribution in [0.2, 0.25) is 0 Å². The summed E-state index contributed by atoms with van der Waals surface area (Å²) < 4.78 is 0. The summed E-state index contributed by atoms with van der Waals surface area (Å²) >= 11 is 0. The van der Waals surface area contributed by atoms with E-state index in [1.165, 1.54) is 0 Å². The standard InChI is InChI=1S/C23H24N4O4/c1-26(18(12-24)14-6-3-2-4-7-14)13-15-8-5-9-16-20(15)23(31)27(22(16)30)17-10-11-19(28)25-21(17)29/h2-9,17-18H,10-13,24H2,1H3,(H,25,28,29). The Morgan fingerprint density at radius 1 is 1.06 bits per heavy atom. The number of likely N-dealkylation sites (N-methyl/N-ethyl adjacent to an activating group) is 1. The third kappa shape index (κ3) is 3.75. The maximum atomic E-state index is 13.2. The molecule has 0 spiro atoms. The van der Waals surface area contributed by atoms with Crippen molar-refractivity contribution in [3.8, 4) is 0 Å². The largest absolute Gasteiger partial charge is 0.329 e. The lowest BCUT2D eigenvalue weighted by molar-refractivity contribution is -0.136. The van der Waals surface area contributed by atoms with Crippen LogP contribution in [-0.2, 0) is 16.1 Å². The van der Waals surface area contributed by atoms with Crippen molar-refractivity contribution in [3.05, 3.63) is 70.8 Å². The Hall–Kier alpha value is -3.36. The number of hydrogen-bond acceptors (Lipinski definition) is 6. The highest BCUT2D eigenvalue weighted by molar-refractivity contribution is 6.24. The van der Waals surface area contributed by atoms with Gasteiger partial charge in [-0.3, -0.25) is 34.3 Å². The van der Waals surface area contributed by atoms with E-state index in [1.807, 2.05) is 48.3 Å². The normalized spacial score (nSPS) is 19.6. The highest BCUT2D eigenvalue weighted by Crippen LogP contribution is 2.31. The van der Waals surface area contributed by atoms with Crippen LogP contribution >= 0.6 is 0 Å². The fraction of sp³-hybridized carbons (Fsp3) is 0.304. The topological polar surface area (TPSA) is 113 Å². The Bertz CT molecular complexity index is 1050. The van der Waals surface area contributed by atoms with Gasteiger partial charge in [0.2, 0.25) is 11.8 Å². The third-order valence-corrected chi connectivity index (χ3v) is 5.91. The lowest BCUT2D eigenvalue weighted by atomic mass is 10.0. The Morgan fingerprint density at radius 2 is 1.81 bits per heavy atom. The molecule has 2 atom stereocenters. The van der Waals surface area contributed by atoms with E-state index in [2.05, 4.69) is 5.32 Å². The van der Waals surface area contributed by atoms with Gasteiger partial charge in [0.1, 0.15) is 6.04 Å². The predicted molar refractivity (Wildman–Crippen MR) is 113 cm³/mol. The van der Waals surface area contributed by atoms with Crippen molar-refractivity contribution in [1.82, 2.24) is 15.1 Å². The van der Waals surface area contributed by atoms with Crippen molar-refractivity contribution in [1.29, 1.82) is 0 Å². The first-order valence-electron chi connectivity index (χ1n) is 10.2. The molecule has 8 nitrogen and oxygen atoms in total. The Morgan fingerprint density at radius 3 is 2.48 bits per heavy atom. The number of amides is 4. The van der Waals surface area contributed by atoms with Crippen molar-refractivity contribution < 1.29 is 19.2 Å². The van der Waals surface area contributed by atoms with Gasteiger partial charge in [-0.1, -0.05) is 42.5 Å². The second kappa shape index (κ2) is 8.41. The maximum absolute atomic E-state index is 13.2. The van der Waals surface area contributed by atoms with Crippen LogP contribution in [0, 0.1) is 0 Å². The van der Waals surface area contributed by atoms with Crippen molar-refractivity contribution >= 4 is 23.6 Å². The summed E-state index contributed by atoms with van der Waals surface area (Å²) in [5, 5.41) is 2.22. The lowest BCUT2D eigenvalue weighted by Gasteiger charge is -2.29. The molecule has 0 bridgehead atoms. The summed E-state index contributed by atoms with van der Waals surface area (Å²) in [7, 11) is 1.92. The first-order valence-corrected chi connectivity index (χ1v) is 10.2. The number of nitrogens with two attached hydrogens (primary N) is 1. The summed E-state index contributed by atoms with van der Waals surface area (Å²) in [6.45, 7) is 0.799. The summed E-state index contributed by atoms with van der Waals surface area (Å²) in [6, 6.07) is 14.0. The number of benzene rings is 2. The van der Waals surface area contributed by atoms with Crippen molar-refractivity contribution in [2.45, 2.75) is 31.5 Å². The number of imide groups is 2. The van der Waals surface area contributed by atoms with Crippen LogP contribution < -0.4 is 11.1 Å². The minimum absolute atomic E-state index is 0.0597. The number of carbonyl (C=O) groups excluding carboxylic acids is 4. The van der Waals surface area contributed by atoms with Gasteiger partial charge in [0, 0.05) is 25.6 Å². The molecule has 2 aromatic rings. The monoisotopic (exact) mass is 420 g/mol. The Labute approximate surface area is 180 Å². The molecule has 0 aliphatic carbocycles. The van der Waals surface area contributed by atoms with Gasteiger partial charge >= 0.3 is 0 Å². The van der Waals surface area contributed by atoms with Gasteiger partial charge in [0.05, 0.1) is 11.1 Å². The second-order valence-corrected chi connectivity index (χ2v) is 7.86. The average Bonchev–Trinajstić information content (AvgIpc) is 3.01. The van der Waals surface area contributed by atoms with Crippen molar-refractivity contribution in [2.24, 2.45) is 5.73 Å². The molecule has 2 aromatic carbocycles. The number of fused-ring (bicyclic) bond motifs is 1. The van der Waals surface area contributed by atoms with E-state index in [9.17, 15) is 19.2 Å². The quantitative estimate of drug-likeness (QED) is 0.680. The van der Waals surface area contributed by atoms with Crippen LogP contribution in [0.25, 0.3) is 0 Å². The van der Waals surface area contributed by atoms with Crippen LogP contribution in [0.15, 0.2) is 48.5 Å². The van der Waals surface area contributed by atoms with Crippen LogP contribution in [0.4, 0.5) is 0 Å². The number of carbonyl (C=O) groups is 4. The molecule has 3 N–H and O–H groups in total. The third-order valence-electron chi connectivity index (χ3n) is 5.91. The fourth-order valence-corrected chi connectivity index (χ4v) is 4.34. The molecule has 4 rings (SSSR count). The molecule has 2 aliphatic rings. The van der Waals surface area contributed by atoms with Gasteiger partial charge in [-0.05, 0) is 30.7 Å². The molecule has 2 unspecified atom stereocenters. The molecule has 2 aliphatic heterocycles. The van der Waals surface area contributed by atoms with E-state index < -0.39 is 29.7 Å². The van der Waals surface area contributed by atoms with Crippen LogP contribution in [-0.4, -0.2) is 53.1 Å². The molecule has 0 aromatic heterocycles. The van der Waals surface area contributed by atoms with E-state index >= 15 is 0 Å². The summed E-state index contributed by atoms with van der Waals surface area (Å²) in [5.41, 5.74) is 8.38. The maximum Gasteiger partial charge on any atom is 0.262 e. The molecule has 2 heterocycles. The molecular formula is C23H24N4O4. The van der Waals surface area contributed by atoms with Crippen molar-refractivity contribution in [2.75, 3.05) is 13.6 Å². The van der Waals surface area contributed by atoms with Gasteiger partial charge in [-0.25, -0.2) is 0 Å². The van der Waals surface area contributed by atoms with Gasteiger partial charge in [0.25, 0.3) is 11.8 Å². The van der Waals surface area contributed by atoms with E-state index in [0.29, 0.717) is 24.2 Å². The zero-order chi connectivity index (χ0) is 22.1. The Kier molecular flexibility index (Phi) is 5.67. The molecule has 31 heavy (non-hydrogen) atoms. The number of piperidine rings is 1. The van der Waals surface area contributed by atoms with Crippen molar-refractivity contribution in [3.63, 3.8) is 0 Å². The second-order valence-electron chi connectivity index (χ2n) is 7.86. The summed E-state index contributed by atoms with van der Waals surface area (Å²) in [5.74, 6) is -2.01. The smallest absolute Gasteiger partial charge is 0.262 e. The number of nitrogens with zero attached hydrogens (tertiary/aromatic N) is 2. The molecule has 0 radical (unpaired) electrons. The highest BCUT2D eigenvalue weighted by Gasteiger charge is 2.45. The molecule has 1 saturated heterocycles. The number of hydrogen-bond donors (Lipinski definition) is 2. The number of rotatable bonds is 6. The van der Waals surface area contributed by atoms with Gasteiger partial charge in [-0.2, -0.15) is 0 Å². The lowest BCUT2D eigenvalue weighted by Crippen LogP contribution is -2.54. The Balaban J connectivity index is 1.61. The van der Waals surface area contributed by atoms with Gasteiger partial charge in [-0.15, -0.1) is 0 Å². The van der Waals surface area contributed by atoms with E-state index in [0.717, 1.165) is 10.5 Å². The molecule has 1 fully saturated rings. The van der Waals surface area contributed by atoms with Crippen LogP contribution in [0.1, 0.15) is 50.7 Å². The minimum atomic E-state index is -0.975. The predicted octanol–water partition coefficient (Wildman–Crippen LogP) is 1.22.